The zero-order chi connectivity index (χ0) is 15.0. The van der Waals surface area contributed by atoms with Crippen LogP contribution in [0.3, 0.4) is 0 Å². The van der Waals surface area contributed by atoms with Crippen molar-refractivity contribution in [1.29, 1.82) is 0 Å². The number of nitrogens with two attached hydrogens (primary N) is 1. The third kappa shape index (κ3) is 2.70. The summed E-state index contributed by atoms with van der Waals surface area (Å²) >= 11 is 17.7. The fourth-order valence-electron chi connectivity index (χ4n) is 1.74. The highest BCUT2D eigenvalue weighted by molar-refractivity contribution is 6.44. The van der Waals surface area contributed by atoms with E-state index in [-0.39, 0.29) is 10.7 Å². The fraction of sp³-hybridized carbons (Fsp3) is 0.167. The molecule has 0 aliphatic rings. The average molecular weight is 334 g/mol. The summed E-state index contributed by atoms with van der Waals surface area (Å²) in [6, 6.07) is 2.93. The molecule has 0 aliphatic heterocycles. The topological polar surface area (TPSA) is 72.9 Å². The predicted octanol–water partition coefficient (Wildman–Crippen LogP) is 3.52. The van der Waals surface area contributed by atoms with Gasteiger partial charge in [-0.05, 0) is 19.1 Å². The van der Waals surface area contributed by atoms with Crippen LogP contribution >= 0.6 is 34.8 Å². The van der Waals surface area contributed by atoms with Crippen LogP contribution in [0, 0.1) is 6.92 Å². The summed E-state index contributed by atoms with van der Waals surface area (Å²) in [7, 11) is 1.63. The molecule has 1 heterocycles. The number of nitrogens with zero attached hydrogens (tertiary/aromatic N) is 2. The number of nitrogens with one attached hydrogen (secondary N) is 1. The van der Waals surface area contributed by atoms with Crippen LogP contribution in [-0.2, 0) is 7.05 Å². The van der Waals surface area contributed by atoms with E-state index in [0.717, 1.165) is 0 Å². The summed E-state index contributed by atoms with van der Waals surface area (Å²) in [5.74, 6) is -0.425. The van der Waals surface area contributed by atoms with Crippen molar-refractivity contribution >= 4 is 52.1 Å². The standard InChI is InChI=1S/C12H11Cl3N4O/c1-5-10(16)11(19(2)18-5)12(20)17-9-4-7(14)6(13)3-8(9)15/h3-4H,16H2,1-2H3,(H,17,20). The quantitative estimate of drug-likeness (QED) is 0.826. The molecule has 20 heavy (non-hydrogen) atoms. The summed E-state index contributed by atoms with van der Waals surface area (Å²) in [6.45, 7) is 1.72. The Labute approximate surface area is 130 Å². The van der Waals surface area contributed by atoms with Gasteiger partial charge >= 0.3 is 0 Å². The molecule has 0 saturated carbocycles. The van der Waals surface area contributed by atoms with Crippen LogP contribution < -0.4 is 11.1 Å². The zero-order valence-corrected chi connectivity index (χ0v) is 12.9. The van der Waals surface area contributed by atoms with Crippen LogP contribution in [-0.4, -0.2) is 15.7 Å². The largest absolute Gasteiger partial charge is 0.395 e. The van der Waals surface area contributed by atoms with Gasteiger partial charge in [-0.2, -0.15) is 5.10 Å². The Morgan fingerprint density at radius 3 is 2.40 bits per heavy atom. The Morgan fingerprint density at radius 2 is 1.85 bits per heavy atom. The molecule has 2 rings (SSSR count). The normalized spacial score (nSPS) is 10.7. The first-order valence-corrected chi connectivity index (χ1v) is 6.69. The number of nitrogen functional groups attached to an aromatic ring is 1. The van der Waals surface area contributed by atoms with E-state index in [1.165, 1.54) is 16.8 Å². The van der Waals surface area contributed by atoms with Crippen LogP contribution in [0.4, 0.5) is 11.4 Å². The van der Waals surface area contributed by atoms with Crippen molar-refractivity contribution in [2.75, 3.05) is 11.1 Å². The van der Waals surface area contributed by atoms with E-state index < -0.39 is 5.91 Å². The van der Waals surface area contributed by atoms with Crippen LogP contribution in [0.1, 0.15) is 16.2 Å². The lowest BCUT2D eigenvalue weighted by molar-refractivity contribution is 0.101. The van der Waals surface area contributed by atoms with Gasteiger partial charge in [0.1, 0.15) is 5.69 Å². The highest BCUT2D eigenvalue weighted by Crippen LogP contribution is 2.32. The first-order chi connectivity index (χ1) is 9.31. The lowest BCUT2D eigenvalue weighted by Gasteiger charge is -2.09. The van der Waals surface area contributed by atoms with Gasteiger partial charge in [0.05, 0.1) is 32.1 Å². The lowest BCUT2D eigenvalue weighted by atomic mass is 10.2. The molecule has 1 aromatic heterocycles. The van der Waals surface area contributed by atoms with Gasteiger partial charge in [-0.25, -0.2) is 0 Å². The third-order valence-corrected chi connectivity index (χ3v) is 3.78. The number of halogens is 3. The minimum absolute atomic E-state index is 0.254. The van der Waals surface area contributed by atoms with Crippen molar-refractivity contribution in [1.82, 2.24) is 9.78 Å². The Balaban J connectivity index is 2.35. The van der Waals surface area contributed by atoms with Gasteiger partial charge in [0.2, 0.25) is 0 Å². The number of benzene rings is 1. The van der Waals surface area contributed by atoms with Crippen LogP contribution in [0.5, 0.6) is 0 Å². The minimum atomic E-state index is -0.425. The average Bonchev–Trinajstić information content (AvgIpc) is 2.60. The third-order valence-electron chi connectivity index (χ3n) is 2.74. The van der Waals surface area contributed by atoms with Gasteiger partial charge < -0.3 is 11.1 Å². The van der Waals surface area contributed by atoms with Gasteiger partial charge in [0.25, 0.3) is 5.91 Å². The summed E-state index contributed by atoms with van der Waals surface area (Å²) in [5.41, 5.74) is 7.33. The van der Waals surface area contributed by atoms with Crippen molar-refractivity contribution in [2.24, 2.45) is 7.05 Å². The Kier molecular flexibility index (Phi) is 4.13. The van der Waals surface area contributed by atoms with Crippen LogP contribution in [0.2, 0.25) is 15.1 Å². The van der Waals surface area contributed by atoms with Gasteiger partial charge in [-0.3, -0.25) is 9.48 Å². The van der Waals surface area contributed by atoms with E-state index in [4.69, 9.17) is 40.5 Å². The number of hydrogen-bond donors (Lipinski definition) is 2. The first kappa shape index (κ1) is 15.0. The molecule has 1 amide bonds. The monoisotopic (exact) mass is 332 g/mol. The van der Waals surface area contributed by atoms with Crippen molar-refractivity contribution < 1.29 is 4.79 Å². The highest BCUT2D eigenvalue weighted by Gasteiger charge is 2.19. The van der Waals surface area contributed by atoms with E-state index in [2.05, 4.69) is 10.4 Å². The second kappa shape index (κ2) is 5.52. The number of carbonyl (C=O) groups is 1. The van der Waals surface area contributed by atoms with E-state index in [0.29, 0.717) is 27.1 Å². The Morgan fingerprint density at radius 1 is 1.25 bits per heavy atom. The van der Waals surface area contributed by atoms with Crippen molar-refractivity contribution in [3.05, 3.63) is 38.6 Å². The van der Waals surface area contributed by atoms with Gasteiger partial charge in [-0.1, -0.05) is 34.8 Å². The van der Waals surface area contributed by atoms with Crippen LogP contribution in [0.15, 0.2) is 12.1 Å². The molecule has 0 unspecified atom stereocenters. The SMILES string of the molecule is Cc1nn(C)c(C(=O)Nc2cc(Cl)c(Cl)cc2Cl)c1N. The minimum Gasteiger partial charge on any atom is -0.395 e. The van der Waals surface area contributed by atoms with Crippen LogP contribution in [0.25, 0.3) is 0 Å². The van der Waals surface area contributed by atoms with Gasteiger partial charge in [0.15, 0.2) is 0 Å². The van der Waals surface area contributed by atoms with Gasteiger partial charge in [0, 0.05) is 7.05 Å². The molecule has 0 atom stereocenters. The lowest BCUT2D eigenvalue weighted by Crippen LogP contribution is -2.18. The summed E-state index contributed by atoms with van der Waals surface area (Å²) in [4.78, 5) is 12.2. The maximum Gasteiger partial charge on any atom is 0.276 e. The number of carbonyl (C=O) groups excluding carboxylic acids is 1. The second-order valence-corrected chi connectivity index (χ2v) is 5.39. The molecule has 2 aromatic rings. The van der Waals surface area contributed by atoms with Crippen molar-refractivity contribution in [3.8, 4) is 0 Å². The molecule has 8 heteroatoms. The number of aromatic nitrogens is 2. The highest BCUT2D eigenvalue weighted by atomic mass is 35.5. The molecule has 0 fully saturated rings. The number of rotatable bonds is 2. The molecular weight excluding hydrogens is 323 g/mol. The zero-order valence-electron chi connectivity index (χ0n) is 10.7. The van der Waals surface area contributed by atoms with E-state index >= 15 is 0 Å². The molecule has 0 bridgehead atoms. The number of amides is 1. The van der Waals surface area contributed by atoms with E-state index in [9.17, 15) is 4.79 Å². The van der Waals surface area contributed by atoms with E-state index in [1.54, 1.807) is 14.0 Å². The molecule has 3 N–H and O–H groups in total. The Bertz CT molecular complexity index is 696. The maximum absolute atomic E-state index is 12.2. The maximum atomic E-state index is 12.2. The molecule has 5 nitrogen and oxygen atoms in total. The molecule has 0 aliphatic carbocycles. The second-order valence-electron chi connectivity index (χ2n) is 4.17. The van der Waals surface area contributed by atoms with Crippen molar-refractivity contribution in [2.45, 2.75) is 6.92 Å². The number of aryl methyl sites for hydroxylation is 2. The van der Waals surface area contributed by atoms with Crippen molar-refractivity contribution in [3.63, 3.8) is 0 Å². The predicted molar refractivity (Wildman–Crippen MR) is 81.8 cm³/mol. The molecule has 0 saturated heterocycles. The number of anilines is 2. The summed E-state index contributed by atoms with van der Waals surface area (Å²) in [5, 5.41) is 7.60. The molecule has 106 valence electrons. The summed E-state index contributed by atoms with van der Waals surface area (Å²) in [6.07, 6.45) is 0. The Hall–Kier alpha value is -1.43. The van der Waals surface area contributed by atoms with Gasteiger partial charge in [-0.15, -0.1) is 0 Å². The van der Waals surface area contributed by atoms with E-state index in [1.807, 2.05) is 0 Å². The summed E-state index contributed by atoms with van der Waals surface area (Å²) < 4.78 is 1.41. The molecule has 0 spiro atoms. The number of hydrogen-bond acceptors (Lipinski definition) is 3. The smallest absolute Gasteiger partial charge is 0.276 e. The molecule has 1 aromatic carbocycles. The fourth-order valence-corrected chi connectivity index (χ4v) is 2.34. The molecule has 0 radical (unpaired) electrons. The first-order valence-electron chi connectivity index (χ1n) is 5.56. The molecular formula is C12H11Cl3N4O.